The molecule has 5 nitrogen and oxygen atoms in total. The van der Waals surface area contributed by atoms with E-state index in [4.69, 9.17) is 9.41 Å². The molecule has 22 heavy (non-hydrogen) atoms. The van der Waals surface area contributed by atoms with Gasteiger partial charge in [0.2, 0.25) is 0 Å². The molecule has 5 heteroatoms. The lowest BCUT2D eigenvalue weighted by molar-refractivity contribution is 0.0523. The molecule has 4 fully saturated rings. The van der Waals surface area contributed by atoms with Crippen molar-refractivity contribution in [1.82, 2.24) is 15.8 Å². The fourth-order valence-electron chi connectivity index (χ4n) is 4.66. The third kappa shape index (κ3) is 1.88. The van der Waals surface area contributed by atoms with E-state index in [1.807, 2.05) is 18.2 Å². The van der Waals surface area contributed by atoms with Crippen LogP contribution in [0.4, 0.5) is 5.82 Å². The van der Waals surface area contributed by atoms with Crippen molar-refractivity contribution in [1.29, 1.82) is 0 Å². The lowest BCUT2D eigenvalue weighted by Gasteiger charge is -2.49. The minimum atomic E-state index is 0.236. The van der Waals surface area contributed by atoms with Crippen molar-refractivity contribution in [3.63, 3.8) is 0 Å². The van der Waals surface area contributed by atoms with Crippen molar-refractivity contribution in [3.05, 3.63) is 24.5 Å². The summed E-state index contributed by atoms with van der Waals surface area (Å²) in [6.45, 7) is 0. The molecular formula is C17H20N4O. The highest BCUT2D eigenvalue weighted by atomic mass is 16.3. The molecule has 114 valence electrons. The summed E-state index contributed by atoms with van der Waals surface area (Å²) in [5.74, 6) is 3.46. The van der Waals surface area contributed by atoms with Crippen molar-refractivity contribution in [2.45, 2.75) is 44.1 Å². The average molecular weight is 296 g/mol. The van der Waals surface area contributed by atoms with E-state index in [0.717, 1.165) is 41.0 Å². The molecule has 2 bridgehead atoms. The van der Waals surface area contributed by atoms with E-state index < -0.39 is 0 Å². The van der Waals surface area contributed by atoms with Crippen LogP contribution in [0.25, 0.3) is 11.1 Å². The highest BCUT2D eigenvalue weighted by molar-refractivity contribution is 5.87. The number of amidine groups is 1. The lowest BCUT2D eigenvalue weighted by Crippen LogP contribution is -2.55. The monoisotopic (exact) mass is 296 g/mol. The van der Waals surface area contributed by atoms with Crippen molar-refractivity contribution in [2.75, 3.05) is 0 Å². The van der Waals surface area contributed by atoms with E-state index in [0.29, 0.717) is 0 Å². The zero-order chi connectivity index (χ0) is 14.6. The van der Waals surface area contributed by atoms with Crippen LogP contribution in [-0.2, 0) is 0 Å². The highest BCUT2D eigenvalue weighted by Gasteiger charge is 2.50. The summed E-state index contributed by atoms with van der Waals surface area (Å²) in [6.07, 6.45) is 9.52. The van der Waals surface area contributed by atoms with E-state index in [-0.39, 0.29) is 5.54 Å². The van der Waals surface area contributed by atoms with Crippen molar-refractivity contribution >= 4 is 22.8 Å². The summed E-state index contributed by atoms with van der Waals surface area (Å²) in [7, 11) is 0. The number of nitrogens with zero attached hydrogens (tertiary/aromatic N) is 2. The molecule has 1 saturated heterocycles. The van der Waals surface area contributed by atoms with Crippen molar-refractivity contribution in [2.24, 2.45) is 16.8 Å². The molecule has 6 rings (SSSR count). The first-order valence-corrected chi connectivity index (χ1v) is 8.26. The zero-order valence-electron chi connectivity index (χ0n) is 12.5. The third-order valence-electron chi connectivity index (χ3n) is 5.76. The molecule has 1 unspecified atom stereocenters. The summed E-state index contributed by atoms with van der Waals surface area (Å²) in [5.41, 5.74) is 8.81. The van der Waals surface area contributed by atoms with Crippen LogP contribution in [-0.4, -0.2) is 16.4 Å². The molecule has 1 aliphatic heterocycles. The molecule has 4 aliphatic rings. The van der Waals surface area contributed by atoms with Gasteiger partial charge in [-0.1, -0.05) is 12.8 Å². The maximum absolute atomic E-state index is 5.33. The topological polar surface area (TPSA) is 62.5 Å². The molecule has 0 aromatic carbocycles. The van der Waals surface area contributed by atoms with Gasteiger partial charge < -0.3 is 9.84 Å². The number of nitrogens with one attached hydrogen (secondary N) is 2. The first-order valence-electron chi connectivity index (χ1n) is 8.26. The Bertz CT molecular complexity index is 744. The second-order valence-electron chi connectivity index (χ2n) is 7.04. The second kappa shape index (κ2) is 4.56. The molecule has 3 heterocycles. The van der Waals surface area contributed by atoms with Crippen LogP contribution in [0.3, 0.4) is 0 Å². The minimum Gasteiger partial charge on any atom is -0.463 e. The van der Waals surface area contributed by atoms with Crippen molar-refractivity contribution < 1.29 is 4.42 Å². The molecular weight excluding hydrogens is 276 g/mol. The number of fused-ring (bicyclic) bond motifs is 3. The van der Waals surface area contributed by atoms with Gasteiger partial charge in [0.25, 0.3) is 0 Å². The van der Waals surface area contributed by atoms with Gasteiger partial charge in [0, 0.05) is 18.0 Å². The Morgan fingerprint density at radius 3 is 2.91 bits per heavy atom. The summed E-state index contributed by atoms with van der Waals surface area (Å²) in [6, 6.07) is 5.72. The van der Waals surface area contributed by atoms with Gasteiger partial charge in [-0.05, 0) is 43.2 Å². The number of aromatic nitrogens is 1. The standard InChI is InChI=1S/C17H20N4O/c1-3-12-4-2-11(1)9-17(12)10-16(20-21-17)19-15-6-5-14-13(18-15)7-8-22-14/h5-8,11-12,21H,1-4,9-10H2,(H,18,19,20). The van der Waals surface area contributed by atoms with Gasteiger partial charge in [-0.3, -0.25) is 0 Å². The zero-order valence-corrected chi connectivity index (χ0v) is 12.5. The normalized spacial score (nSPS) is 35.5. The SMILES string of the molecule is c1cc2nc(N=C3CC4(CC5CCC4CC5)NN3)ccc2o1. The van der Waals surface area contributed by atoms with Crippen LogP contribution >= 0.6 is 0 Å². The Labute approximate surface area is 129 Å². The number of rotatable bonds is 1. The first-order chi connectivity index (χ1) is 10.8. The third-order valence-corrected chi connectivity index (χ3v) is 5.76. The Hall–Kier alpha value is -1.88. The van der Waals surface area contributed by atoms with Gasteiger partial charge >= 0.3 is 0 Å². The predicted molar refractivity (Wildman–Crippen MR) is 84.8 cm³/mol. The van der Waals surface area contributed by atoms with Crippen LogP contribution < -0.4 is 10.9 Å². The number of hydrazine groups is 1. The number of hydrogen-bond donors (Lipinski definition) is 2. The lowest BCUT2D eigenvalue weighted by atomic mass is 9.60. The van der Waals surface area contributed by atoms with Gasteiger partial charge in [0.1, 0.15) is 11.4 Å². The Balaban J connectivity index is 1.42. The maximum Gasteiger partial charge on any atom is 0.154 e. The molecule has 3 aliphatic carbocycles. The summed E-state index contributed by atoms with van der Waals surface area (Å²) < 4.78 is 5.33. The Morgan fingerprint density at radius 1 is 1.18 bits per heavy atom. The second-order valence-corrected chi connectivity index (χ2v) is 7.04. The quantitative estimate of drug-likeness (QED) is 0.847. The van der Waals surface area contributed by atoms with Crippen LogP contribution in [0.5, 0.6) is 0 Å². The Morgan fingerprint density at radius 2 is 2.09 bits per heavy atom. The fourth-order valence-corrected chi connectivity index (χ4v) is 4.66. The van der Waals surface area contributed by atoms with Crippen LogP contribution in [0, 0.1) is 11.8 Å². The highest BCUT2D eigenvalue weighted by Crippen LogP contribution is 2.49. The van der Waals surface area contributed by atoms with E-state index in [1.165, 1.54) is 32.1 Å². The summed E-state index contributed by atoms with van der Waals surface area (Å²) in [5, 5.41) is 0. The molecule has 0 radical (unpaired) electrons. The van der Waals surface area contributed by atoms with Gasteiger partial charge in [0.05, 0.1) is 6.26 Å². The minimum absolute atomic E-state index is 0.236. The van der Waals surface area contributed by atoms with E-state index in [1.54, 1.807) is 6.26 Å². The number of hydrogen-bond acceptors (Lipinski definition) is 4. The van der Waals surface area contributed by atoms with Crippen LogP contribution in [0.1, 0.15) is 38.5 Å². The average Bonchev–Trinajstić information content (AvgIpc) is 3.16. The Kier molecular flexibility index (Phi) is 2.62. The molecule has 1 atom stereocenters. The first kappa shape index (κ1) is 12.6. The van der Waals surface area contributed by atoms with E-state index in [2.05, 4.69) is 15.8 Å². The van der Waals surface area contributed by atoms with Crippen LogP contribution in [0.15, 0.2) is 33.9 Å². The molecule has 1 spiro atoms. The fraction of sp³-hybridized carbons (Fsp3) is 0.529. The molecule has 2 aromatic heterocycles. The molecule has 2 aromatic rings. The molecule has 0 amide bonds. The van der Waals surface area contributed by atoms with Crippen LogP contribution in [0.2, 0.25) is 0 Å². The maximum atomic E-state index is 5.33. The number of aliphatic imine (C=N–C) groups is 1. The number of furan rings is 1. The molecule has 3 saturated carbocycles. The molecule has 2 N–H and O–H groups in total. The van der Waals surface area contributed by atoms with Gasteiger partial charge in [-0.2, -0.15) is 0 Å². The predicted octanol–water partition coefficient (Wildman–Crippen LogP) is 3.30. The van der Waals surface area contributed by atoms with E-state index in [9.17, 15) is 0 Å². The van der Waals surface area contributed by atoms with Crippen molar-refractivity contribution in [3.8, 4) is 0 Å². The summed E-state index contributed by atoms with van der Waals surface area (Å²) in [4.78, 5) is 9.24. The van der Waals surface area contributed by atoms with Gasteiger partial charge in [0.15, 0.2) is 11.4 Å². The number of pyridine rings is 1. The smallest absolute Gasteiger partial charge is 0.154 e. The summed E-state index contributed by atoms with van der Waals surface area (Å²) >= 11 is 0. The van der Waals surface area contributed by atoms with Gasteiger partial charge in [-0.25, -0.2) is 15.4 Å². The van der Waals surface area contributed by atoms with E-state index >= 15 is 0 Å². The van der Waals surface area contributed by atoms with Gasteiger partial charge in [-0.15, -0.1) is 0 Å². The largest absolute Gasteiger partial charge is 0.463 e.